The molecule has 0 aliphatic carbocycles. The van der Waals surface area contributed by atoms with Crippen molar-refractivity contribution in [3.63, 3.8) is 0 Å². The number of amides is 1. The first kappa shape index (κ1) is 24.6. The maximum Gasteiger partial charge on any atom is 0.339 e. The molecular weight excluding hydrogens is 476 g/mol. The fourth-order valence-electron chi connectivity index (χ4n) is 2.98. The van der Waals surface area contributed by atoms with Gasteiger partial charge in [0.1, 0.15) is 4.88 Å². The molecule has 0 radical (unpaired) electrons. The zero-order chi connectivity index (χ0) is 24.2. The van der Waals surface area contributed by atoms with Crippen molar-refractivity contribution in [1.29, 1.82) is 0 Å². The van der Waals surface area contributed by atoms with Crippen LogP contribution in [0.15, 0.2) is 23.1 Å². The van der Waals surface area contributed by atoms with E-state index in [1.165, 1.54) is 6.07 Å². The Bertz CT molecular complexity index is 1170. The summed E-state index contributed by atoms with van der Waals surface area (Å²) in [6.45, 7) is 4.00. The van der Waals surface area contributed by atoms with Gasteiger partial charge in [-0.3, -0.25) is 10.2 Å². The van der Waals surface area contributed by atoms with E-state index in [1.807, 2.05) is 9.73 Å². The summed E-state index contributed by atoms with van der Waals surface area (Å²) in [5, 5.41) is 0.627. The van der Waals surface area contributed by atoms with Gasteiger partial charge in [0.25, 0.3) is 15.9 Å². The van der Waals surface area contributed by atoms with Crippen molar-refractivity contribution < 1.29 is 37.0 Å². The van der Waals surface area contributed by atoms with Gasteiger partial charge < -0.3 is 19.1 Å². The number of aromatic nitrogens is 1. The molecule has 3 rings (SSSR count). The highest BCUT2D eigenvalue weighted by Gasteiger charge is 2.27. The Hall–Kier alpha value is -3.07. The molecule has 0 bridgehead atoms. The molecule has 2 aromatic rings. The van der Waals surface area contributed by atoms with Crippen molar-refractivity contribution >= 4 is 44.3 Å². The van der Waals surface area contributed by atoms with Crippen molar-refractivity contribution in [3.8, 4) is 0 Å². The predicted molar refractivity (Wildman–Crippen MR) is 117 cm³/mol. The van der Waals surface area contributed by atoms with Gasteiger partial charge in [-0.15, -0.1) is 4.83 Å². The van der Waals surface area contributed by atoms with Crippen LogP contribution in [0.2, 0.25) is 0 Å². The number of carbonyl (C=O) groups is 3. The standard InChI is InChI=1S/C19H22N4O8S2/c1-11-15(32-19(20-11)23-6-8-31-9-7-23)16(24)21-22-33(27,28)14-10-12(17(25)29-2)4-5-13(14)18(26)30-3/h4-5,10,22H,6-9H2,1-3H3,(H,21,24). The van der Waals surface area contributed by atoms with Gasteiger partial charge in [-0.25, -0.2) is 23.0 Å². The summed E-state index contributed by atoms with van der Waals surface area (Å²) in [5.41, 5.74) is 2.13. The minimum atomic E-state index is -4.47. The van der Waals surface area contributed by atoms with Gasteiger partial charge in [0.2, 0.25) is 0 Å². The Morgan fingerprint density at radius 3 is 2.42 bits per heavy atom. The van der Waals surface area contributed by atoms with E-state index < -0.39 is 32.8 Å². The van der Waals surface area contributed by atoms with E-state index in [2.05, 4.69) is 19.9 Å². The second-order valence-corrected chi connectivity index (χ2v) is 9.39. The first-order valence-corrected chi connectivity index (χ1v) is 11.9. The molecule has 1 saturated heterocycles. The second kappa shape index (κ2) is 10.2. The number of carbonyl (C=O) groups excluding carboxylic acids is 3. The SMILES string of the molecule is COC(=O)c1ccc(C(=O)OC)c(S(=O)(=O)NNC(=O)c2sc(N3CCOCC3)nc2C)c1. The first-order chi connectivity index (χ1) is 15.7. The summed E-state index contributed by atoms with van der Waals surface area (Å²) in [6.07, 6.45) is 0. The van der Waals surface area contributed by atoms with Crippen LogP contribution in [-0.4, -0.2) is 71.8 Å². The van der Waals surface area contributed by atoms with Crippen LogP contribution in [-0.2, 0) is 24.2 Å². The molecule has 12 nitrogen and oxygen atoms in total. The topological polar surface area (TPSA) is 153 Å². The Labute approximate surface area is 193 Å². The number of esters is 2. The van der Waals surface area contributed by atoms with E-state index in [0.29, 0.717) is 37.1 Å². The molecule has 0 atom stereocenters. The van der Waals surface area contributed by atoms with Gasteiger partial charge in [0.05, 0.1) is 49.1 Å². The van der Waals surface area contributed by atoms with Crippen molar-refractivity contribution in [3.05, 3.63) is 39.9 Å². The number of nitrogens with zero attached hydrogens (tertiary/aromatic N) is 2. The fourth-order valence-corrected chi connectivity index (χ4v) is 5.05. The molecule has 1 aromatic carbocycles. The summed E-state index contributed by atoms with van der Waals surface area (Å²) in [7, 11) is -2.26. The van der Waals surface area contributed by atoms with E-state index in [1.54, 1.807) is 6.92 Å². The van der Waals surface area contributed by atoms with Crippen molar-refractivity contribution in [1.82, 2.24) is 15.2 Å². The summed E-state index contributed by atoms with van der Waals surface area (Å²) >= 11 is 1.12. The van der Waals surface area contributed by atoms with Crippen LogP contribution in [0.4, 0.5) is 5.13 Å². The molecule has 1 fully saturated rings. The van der Waals surface area contributed by atoms with Crippen LogP contribution < -0.4 is 15.2 Å². The largest absolute Gasteiger partial charge is 0.465 e. The third-order valence-electron chi connectivity index (χ3n) is 4.67. The lowest BCUT2D eigenvalue weighted by molar-refractivity contribution is 0.0583. The summed E-state index contributed by atoms with van der Waals surface area (Å²) in [5.74, 6) is -2.47. The normalized spacial score (nSPS) is 14.0. The Balaban J connectivity index is 1.82. The molecular formula is C19H22N4O8S2. The van der Waals surface area contributed by atoms with E-state index in [9.17, 15) is 22.8 Å². The number of thiazole rings is 1. The minimum absolute atomic E-state index is 0.106. The fraction of sp³-hybridized carbons (Fsp3) is 0.368. The van der Waals surface area contributed by atoms with Crippen LogP contribution in [0.1, 0.15) is 36.1 Å². The predicted octanol–water partition coefficient (Wildman–Crippen LogP) is 0.485. The number of morpholine rings is 1. The number of benzene rings is 1. The Morgan fingerprint density at radius 2 is 1.79 bits per heavy atom. The molecule has 1 amide bonds. The van der Waals surface area contributed by atoms with E-state index in [0.717, 1.165) is 37.7 Å². The molecule has 1 aliphatic rings. The number of hydrogen-bond acceptors (Lipinski definition) is 11. The van der Waals surface area contributed by atoms with Gasteiger partial charge in [-0.1, -0.05) is 11.3 Å². The van der Waals surface area contributed by atoms with Gasteiger partial charge in [-0.05, 0) is 25.1 Å². The molecule has 178 valence electrons. The quantitative estimate of drug-likeness (QED) is 0.407. The van der Waals surface area contributed by atoms with E-state index >= 15 is 0 Å². The van der Waals surface area contributed by atoms with Gasteiger partial charge in [-0.2, -0.15) is 0 Å². The van der Waals surface area contributed by atoms with Crippen LogP contribution >= 0.6 is 11.3 Å². The molecule has 0 saturated carbocycles. The van der Waals surface area contributed by atoms with Crippen molar-refractivity contribution in [2.45, 2.75) is 11.8 Å². The maximum atomic E-state index is 12.9. The lowest BCUT2D eigenvalue weighted by atomic mass is 10.1. The second-order valence-electron chi connectivity index (χ2n) is 6.76. The number of rotatable bonds is 7. The maximum absolute atomic E-state index is 12.9. The molecule has 1 aromatic heterocycles. The number of ether oxygens (including phenoxy) is 3. The van der Waals surface area contributed by atoms with Gasteiger partial charge >= 0.3 is 11.9 Å². The minimum Gasteiger partial charge on any atom is -0.465 e. The number of hydrazine groups is 1. The van der Waals surface area contributed by atoms with Crippen LogP contribution in [0.3, 0.4) is 0 Å². The zero-order valence-corrected chi connectivity index (χ0v) is 19.7. The Morgan fingerprint density at radius 1 is 1.12 bits per heavy atom. The molecule has 14 heteroatoms. The number of sulfonamides is 1. The van der Waals surface area contributed by atoms with Crippen LogP contribution in [0.5, 0.6) is 0 Å². The lowest BCUT2D eigenvalue weighted by Gasteiger charge is -2.25. The molecule has 33 heavy (non-hydrogen) atoms. The first-order valence-electron chi connectivity index (χ1n) is 9.61. The van der Waals surface area contributed by atoms with E-state index in [-0.39, 0.29) is 16.0 Å². The molecule has 1 aliphatic heterocycles. The molecule has 2 heterocycles. The summed E-state index contributed by atoms with van der Waals surface area (Å²) < 4.78 is 40.3. The number of nitrogens with one attached hydrogen (secondary N) is 2. The Kier molecular flexibility index (Phi) is 7.63. The summed E-state index contributed by atoms with van der Waals surface area (Å²) in [4.78, 5) is 44.5. The number of anilines is 1. The number of methoxy groups -OCH3 is 2. The van der Waals surface area contributed by atoms with Crippen molar-refractivity contribution in [2.75, 3.05) is 45.4 Å². The smallest absolute Gasteiger partial charge is 0.339 e. The highest BCUT2D eigenvalue weighted by molar-refractivity contribution is 7.89. The third kappa shape index (κ3) is 5.47. The molecule has 0 spiro atoms. The highest BCUT2D eigenvalue weighted by atomic mass is 32.2. The van der Waals surface area contributed by atoms with Crippen LogP contribution in [0, 0.1) is 6.92 Å². The van der Waals surface area contributed by atoms with Crippen LogP contribution in [0.25, 0.3) is 0 Å². The van der Waals surface area contributed by atoms with Crippen molar-refractivity contribution in [2.24, 2.45) is 0 Å². The number of hydrogen-bond donors (Lipinski definition) is 2. The summed E-state index contributed by atoms with van der Waals surface area (Å²) in [6, 6.07) is 3.31. The monoisotopic (exact) mass is 498 g/mol. The average Bonchev–Trinajstić information content (AvgIpc) is 3.23. The third-order valence-corrected chi connectivity index (χ3v) is 7.17. The number of aryl methyl sites for hydroxylation is 1. The van der Waals surface area contributed by atoms with Gasteiger partial charge in [0.15, 0.2) is 5.13 Å². The zero-order valence-electron chi connectivity index (χ0n) is 18.0. The van der Waals surface area contributed by atoms with E-state index in [4.69, 9.17) is 4.74 Å². The molecule has 0 unspecified atom stereocenters. The average molecular weight is 499 g/mol. The molecule has 2 N–H and O–H groups in total. The highest BCUT2D eigenvalue weighted by Crippen LogP contribution is 2.26. The lowest BCUT2D eigenvalue weighted by Crippen LogP contribution is -2.42. The van der Waals surface area contributed by atoms with Gasteiger partial charge in [0, 0.05) is 13.1 Å².